The molecule has 0 radical (unpaired) electrons. The molecular weight excluding hydrogens is 282 g/mol. The van der Waals surface area contributed by atoms with Crippen LogP contribution in [0.4, 0.5) is 5.69 Å². The van der Waals surface area contributed by atoms with Crippen molar-refractivity contribution in [2.24, 2.45) is 4.36 Å². The average molecular weight is 296 g/mol. The molecular formula is C10H14ClNO3S2. The van der Waals surface area contributed by atoms with E-state index in [1.54, 1.807) is 19.9 Å². The van der Waals surface area contributed by atoms with E-state index in [4.69, 9.17) is 10.7 Å². The highest BCUT2D eigenvalue weighted by atomic mass is 35.7. The molecule has 4 nitrogen and oxygen atoms in total. The number of hydrogen-bond donors (Lipinski definition) is 0. The maximum atomic E-state index is 12.1. The van der Waals surface area contributed by atoms with Gasteiger partial charge in [-0.05, 0) is 18.2 Å². The highest BCUT2D eigenvalue weighted by Crippen LogP contribution is 2.22. The Labute approximate surface area is 107 Å². The van der Waals surface area contributed by atoms with Crippen LogP contribution in [0.15, 0.2) is 33.5 Å². The molecule has 0 saturated heterocycles. The maximum absolute atomic E-state index is 12.1. The van der Waals surface area contributed by atoms with Crippen LogP contribution in [0.2, 0.25) is 0 Å². The molecule has 17 heavy (non-hydrogen) atoms. The fraction of sp³-hybridized carbons (Fsp3) is 0.400. The van der Waals surface area contributed by atoms with Crippen molar-refractivity contribution in [3.63, 3.8) is 0 Å². The summed E-state index contributed by atoms with van der Waals surface area (Å²) < 4.78 is 38.5. The fourth-order valence-electron chi connectivity index (χ4n) is 1.22. The topological polar surface area (TPSA) is 63.6 Å². The molecule has 0 aliphatic rings. The fourth-order valence-corrected chi connectivity index (χ4v) is 3.17. The minimum atomic E-state index is -3.77. The smallest absolute Gasteiger partial charge is 0.249 e. The van der Waals surface area contributed by atoms with Crippen molar-refractivity contribution in [3.8, 4) is 0 Å². The van der Waals surface area contributed by atoms with Gasteiger partial charge in [-0.25, -0.2) is 12.6 Å². The molecule has 0 aromatic heterocycles. The number of nitrogens with zero attached hydrogens (tertiary/aromatic N) is 1. The van der Waals surface area contributed by atoms with Gasteiger partial charge in [-0.3, -0.25) is 0 Å². The van der Waals surface area contributed by atoms with E-state index in [1.165, 1.54) is 18.2 Å². The lowest BCUT2D eigenvalue weighted by Gasteiger charge is -2.04. The summed E-state index contributed by atoms with van der Waals surface area (Å²) in [4.78, 5) is -0.0330. The first-order valence-corrected chi connectivity index (χ1v) is 9.24. The minimum Gasteiger partial charge on any atom is -0.249 e. The number of rotatable bonds is 4. The Morgan fingerprint density at radius 2 is 1.76 bits per heavy atom. The highest BCUT2D eigenvalue weighted by Gasteiger charge is 2.10. The number of halogens is 1. The van der Waals surface area contributed by atoms with Crippen LogP contribution in [0.1, 0.15) is 13.8 Å². The first kappa shape index (κ1) is 14.5. The largest absolute Gasteiger partial charge is 0.261 e. The molecule has 0 unspecified atom stereocenters. The Hall–Kier alpha value is -0.590. The summed E-state index contributed by atoms with van der Waals surface area (Å²) in [7, 11) is -0.839. The van der Waals surface area contributed by atoms with Crippen LogP contribution in [0.25, 0.3) is 0 Å². The third-order valence-electron chi connectivity index (χ3n) is 2.27. The molecule has 0 aliphatic heterocycles. The first-order chi connectivity index (χ1) is 7.80. The number of hydrogen-bond acceptors (Lipinski definition) is 4. The van der Waals surface area contributed by atoms with Crippen molar-refractivity contribution in [3.05, 3.63) is 24.3 Å². The molecule has 0 saturated carbocycles. The van der Waals surface area contributed by atoms with E-state index >= 15 is 0 Å². The summed E-state index contributed by atoms with van der Waals surface area (Å²) in [5, 5.41) is 0. The van der Waals surface area contributed by atoms with Gasteiger partial charge in [0.1, 0.15) is 0 Å². The SMILES string of the molecule is CCS(=O)(CC)=Nc1cccc(S(=O)(=O)Cl)c1. The van der Waals surface area contributed by atoms with E-state index in [2.05, 4.69) is 4.36 Å². The zero-order chi connectivity index (χ0) is 13.1. The Kier molecular flexibility index (Phi) is 4.57. The summed E-state index contributed by atoms with van der Waals surface area (Å²) in [5.41, 5.74) is 0.375. The maximum Gasteiger partial charge on any atom is 0.261 e. The van der Waals surface area contributed by atoms with Gasteiger partial charge in [0, 0.05) is 22.2 Å². The van der Waals surface area contributed by atoms with E-state index in [-0.39, 0.29) is 4.90 Å². The lowest BCUT2D eigenvalue weighted by molar-refractivity contribution is 0.609. The van der Waals surface area contributed by atoms with Crippen molar-refractivity contribution >= 4 is 35.1 Å². The predicted molar refractivity (Wildman–Crippen MR) is 70.8 cm³/mol. The zero-order valence-corrected chi connectivity index (χ0v) is 12.0. The summed E-state index contributed by atoms with van der Waals surface area (Å²) >= 11 is 0. The van der Waals surface area contributed by atoms with Gasteiger partial charge in [-0.15, -0.1) is 0 Å². The molecule has 0 N–H and O–H groups in total. The first-order valence-electron chi connectivity index (χ1n) is 5.08. The summed E-state index contributed by atoms with van der Waals surface area (Å²) in [6.07, 6.45) is 0. The van der Waals surface area contributed by atoms with Gasteiger partial charge in [0.15, 0.2) is 0 Å². The second-order valence-electron chi connectivity index (χ2n) is 3.38. The van der Waals surface area contributed by atoms with Crippen LogP contribution in [0.3, 0.4) is 0 Å². The second kappa shape index (κ2) is 5.37. The van der Waals surface area contributed by atoms with Crippen molar-refractivity contribution in [2.75, 3.05) is 11.5 Å². The van der Waals surface area contributed by atoms with E-state index in [9.17, 15) is 12.6 Å². The quantitative estimate of drug-likeness (QED) is 0.802. The molecule has 7 heteroatoms. The number of benzene rings is 1. The summed E-state index contributed by atoms with van der Waals surface area (Å²) in [6.45, 7) is 3.58. The van der Waals surface area contributed by atoms with Crippen LogP contribution in [-0.4, -0.2) is 24.1 Å². The third-order valence-corrected chi connectivity index (χ3v) is 5.97. The Balaban J connectivity index is 3.32. The van der Waals surface area contributed by atoms with Gasteiger partial charge in [0.2, 0.25) is 0 Å². The molecule has 0 spiro atoms. The molecule has 0 atom stereocenters. The predicted octanol–water partition coefficient (Wildman–Crippen LogP) is 2.75. The standard InChI is InChI=1S/C10H14ClNO3S2/c1-3-16(13,4-2)12-9-6-5-7-10(8-9)17(11,14)15/h5-8H,3-4H2,1-2H3. The summed E-state index contributed by atoms with van der Waals surface area (Å²) in [5.74, 6) is 0.864. The summed E-state index contributed by atoms with van der Waals surface area (Å²) in [6, 6.07) is 5.84. The normalized spacial score (nSPS) is 12.4. The van der Waals surface area contributed by atoms with Crippen LogP contribution < -0.4 is 0 Å². The monoisotopic (exact) mass is 295 g/mol. The van der Waals surface area contributed by atoms with Crippen LogP contribution in [0.5, 0.6) is 0 Å². The molecule has 1 rings (SSSR count). The van der Waals surface area contributed by atoms with Crippen molar-refractivity contribution in [2.45, 2.75) is 18.7 Å². The van der Waals surface area contributed by atoms with E-state index in [1.807, 2.05) is 0 Å². The van der Waals surface area contributed by atoms with Crippen LogP contribution in [0, 0.1) is 0 Å². The molecule has 0 aliphatic carbocycles. The van der Waals surface area contributed by atoms with Gasteiger partial charge in [-0.1, -0.05) is 19.9 Å². The molecule has 1 aromatic carbocycles. The van der Waals surface area contributed by atoms with E-state index < -0.39 is 18.8 Å². The van der Waals surface area contributed by atoms with E-state index in [0.29, 0.717) is 17.2 Å². The molecule has 1 aromatic rings. The van der Waals surface area contributed by atoms with Gasteiger partial charge >= 0.3 is 0 Å². The molecule has 0 fully saturated rings. The second-order valence-corrected chi connectivity index (χ2v) is 8.82. The zero-order valence-electron chi connectivity index (χ0n) is 9.59. The highest BCUT2D eigenvalue weighted by molar-refractivity contribution is 8.13. The van der Waals surface area contributed by atoms with Gasteiger partial charge in [0.05, 0.1) is 20.3 Å². The van der Waals surface area contributed by atoms with Gasteiger partial charge in [-0.2, -0.15) is 4.36 Å². The van der Waals surface area contributed by atoms with Gasteiger partial charge < -0.3 is 0 Å². The minimum absolute atomic E-state index is 0.0330. The molecule has 0 bridgehead atoms. The molecule has 0 heterocycles. The third kappa shape index (κ3) is 3.97. The van der Waals surface area contributed by atoms with Crippen molar-refractivity contribution in [1.29, 1.82) is 0 Å². The lowest BCUT2D eigenvalue weighted by atomic mass is 10.3. The average Bonchev–Trinajstić information content (AvgIpc) is 2.28. The lowest BCUT2D eigenvalue weighted by Crippen LogP contribution is -2.04. The van der Waals surface area contributed by atoms with Crippen molar-refractivity contribution in [1.82, 2.24) is 0 Å². The van der Waals surface area contributed by atoms with E-state index in [0.717, 1.165) is 0 Å². The van der Waals surface area contributed by atoms with Gasteiger partial charge in [0.25, 0.3) is 9.05 Å². The van der Waals surface area contributed by atoms with Crippen LogP contribution >= 0.6 is 10.7 Å². The Morgan fingerprint density at radius 3 is 2.24 bits per heavy atom. The van der Waals surface area contributed by atoms with Crippen molar-refractivity contribution < 1.29 is 12.6 Å². The molecule has 96 valence electrons. The Morgan fingerprint density at radius 1 is 1.18 bits per heavy atom. The Bertz CT molecular complexity index is 606. The molecule has 0 amide bonds. The van der Waals surface area contributed by atoms with Crippen LogP contribution in [-0.2, 0) is 18.8 Å².